The smallest absolute Gasteiger partial charge is 0.255 e. The molecule has 27 heavy (non-hydrogen) atoms. The summed E-state index contributed by atoms with van der Waals surface area (Å²) in [5, 5.41) is 2.86. The van der Waals surface area contributed by atoms with Crippen molar-refractivity contribution in [2.24, 2.45) is 0 Å². The Morgan fingerprint density at radius 2 is 1.52 bits per heavy atom. The van der Waals surface area contributed by atoms with Gasteiger partial charge < -0.3 is 10.2 Å². The van der Waals surface area contributed by atoms with E-state index in [0.717, 1.165) is 37.9 Å². The second-order valence-corrected chi connectivity index (χ2v) is 7.47. The van der Waals surface area contributed by atoms with Gasteiger partial charge in [0.2, 0.25) is 0 Å². The van der Waals surface area contributed by atoms with Crippen LogP contribution in [0.4, 0.5) is 15.8 Å². The predicted octanol–water partition coefficient (Wildman–Crippen LogP) is 4.14. The molecule has 1 saturated carbocycles. The number of halogens is 1. The highest BCUT2D eigenvalue weighted by molar-refractivity contribution is 6.04. The zero-order valence-corrected chi connectivity index (χ0v) is 15.5. The molecule has 0 radical (unpaired) electrons. The van der Waals surface area contributed by atoms with Crippen molar-refractivity contribution in [1.29, 1.82) is 0 Å². The molecular formula is C22H26FN3O. The molecule has 2 aromatic rings. The summed E-state index contributed by atoms with van der Waals surface area (Å²) in [7, 11) is 0. The second-order valence-electron chi connectivity index (χ2n) is 7.47. The summed E-state index contributed by atoms with van der Waals surface area (Å²) in [6.07, 6.45) is 5.50. The standard InChI is InChI=1S/C22H26FN3O/c23-18-7-5-17(6-8-18)22(27)24-19-9-11-21(12-10-19)26-15-13-25(14-16-26)20-3-1-2-4-20/h5-12,20H,1-4,13-16H2,(H,24,27). The minimum atomic E-state index is -0.344. The summed E-state index contributed by atoms with van der Waals surface area (Å²) in [6.45, 7) is 4.37. The van der Waals surface area contributed by atoms with E-state index in [0.29, 0.717) is 5.56 Å². The maximum absolute atomic E-state index is 13.0. The van der Waals surface area contributed by atoms with Crippen LogP contribution >= 0.6 is 0 Å². The van der Waals surface area contributed by atoms with Gasteiger partial charge >= 0.3 is 0 Å². The van der Waals surface area contributed by atoms with Gasteiger partial charge in [-0.3, -0.25) is 9.69 Å². The fourth-order valence-corrected chi connectivity index (χ4v) is 4.17. The summed E-state index contributed by atoms with van der Waals surface area (Å²) in [4.78, 5) is 17.3. The van der Waals surface area contributed by atoms with Crippen LogP contribution in [-0.2, 0) is 0 Å². The highest BCUT2D eigenvalue weighted by atomic mass is 19.1. The molecule has 0 atom stereocenters. The Morgan fingerprint density at radius 3 is 2.15 bits per heavy atom. The molecule has 2 aliphatic rings. The van der Waals surface area contributed by atoms with Crippen LogP contribution in [0.15, 0.2) is 48.5 Å². The van der Waals surface area contributed by atoms with Crippen molar-refractivity contribution in [3.8, 4) is 0 Å². The average molecular weight is 367 g/mol. The summed E-state index contributed by atoms with van der Waals surface area (Å²) in [6, 6.07) is 14.4. The molecule has 1 saturated heterocycles. The number of amides is 1. The van der Waals surface area contributed by atoms with Crippen LogP contribution in [-0.4, -0.2) is 43.0 Å². The quantitative estimate of drug-likeness (QED) is 0.882. The van der Waals surface area contributed by atoms with Crippen molar-refractivity contribution >= 4 is 17.3 Å². The summed E-state index contributed by atoms with van der Waals surface area (Å²) >= 11 is 0. The second kappa shape index (κ2) is 8.09. The van der Waals surface area contributed by atoms with Crippen LogP contribution in [0, 0.1) is 5.82 Å². The first-order valence-electron chi connectivity index (χ1n) is 9.85. The first-order chi connectivity index (χ1) is 13.2. The molecule has 5 heteroatoms. The Hall–Kier alpha value is -2.40. The van der Waals surface area contributed by atoms with Gasteiger partial charge in [-0.1, -0.05) is 12.8 Å². The van der Waals surface area contributed by atoms with E-state index < -0.39 is 0 Å². The van der Waals surface area contributed by atoms with Crippen LogP contribution in [0.2, 0.25) is 0 Å². The summed E-state index contributed by atoms with van der Waals surface area (Å²) < 4.78 is 13.0. The van der Waals surface area contributed by atoms with Gasteiger partial charge in [0.1, 0.15) is 5.82 Å². The molecule has 4 nitrogen and oxygen atoms in total. The van der Waals surface area contributed by atoms with Crippen LogP contribution in [0.5, 0.6) is 0 Å². The Kier molecular flexibility index (Phi) is 5.39. The number of rotatable bonds is 4. The predicted molar refractivity (Wildman–Crippen MR) is 107 cm³/mol. The SMILES string of the molecule is O=C(Nc1ccc(N2CCN(C3CCCC3)CC2)cc1)c1ccc(F)cc1. The number of carbonyl (C=O) groups excluding carboxylic acids is 1. The maximum Gasteiger partial charge on any atom is 0.255 e. The lowest BCUT2D eigenvalue weighted by Crippen LogP contribution is -2.49. The highest BCUT2D eigenvalue weighted by Gasteiger charge is 2.26. The average Bonchev–Trinajstić information content (AvgIpc) is 3.24. The van der Waals surface area contributed by atoms with Gasteiger partial charge in [0.25, 0.3) is 5.91 Å². The lowest BCUT2D eigenvalue weighted by molar-refractivity contribution is 0.102. The maximum atomic E-state index is 13.0. The van der Waals surface area contributed by atoms with Crippen LogP contribution in [0.1, 0.15) is 36.0 Å². The first kappa shape index (κ1) is 18.0. The fourth-order valence-electron chi connectivity index (χ4n) is 4.17. The molecule has 142 valence electrons. The van der Waals surface area contributed by atoms with E-state index in [-0.39, 0.29) is 11.7 Å². The van der Waals surface area contributed by atoms with Gasteiger partial charge in [0.05, 0.1) is 0 Å². The van der Waals surface area contributed by atoms with Gasteiger partial charge in [-0.25, -0.2) is 4.39 Å². The topological polar surface area (TPSA) is 35.6 Å². The van der Waals surface area contributed by atoms with Gasteiger partial charge in [-0.2, -0.15) is 0 Å². The molecule has 2 fully saturated rings. The lowest BCUT2D eigenvalue weighted by Gasteiger charge is -2.39. The number of carbonyl (C=O) groups is 1. The van der Waals surface area contributed by atoms with E-state index >= 15 is 0 Å². The highest BCUT2D eigenvalue weighted by Crippen LogP contribution is 2.26. The third-order valence-electron chi connectivity index (χ3n) is 5.75. The van der Waals surface area contributed by atoms with Crippen molar-refractivity contribution < 1.29 is 9.18 Å². The van der Waals surface area contributed by atoms with Crippen LogP contribution < -0.4 is 10.2 Å². The summed E-state index contributed by atoms with van der Waals surface area (Å²) in [5.74, 6) is -0.572. The molecule has 0 unspecified atom stereocenters. The van der Waals surface area contributed by atoms with E-state index in [1.807, 2.05) is 12.1 Å². The van der Waals surface area contributed by atoms with E-state index in [4.69, 9.17) is 0 Å². The lowest BCUT2D eigenvalue weighted by atomic mass is 10.1. The Balaban J connectivity index is 1.32. The molecule has 1 aliphatic heterocycles. The van der Waals surface area contributed by atoms with E-state index in [1.165, 1.54) is 55.6 Å². The number of nitrogens with one attached hydrogen (secondary N) is 1. The molecule has 4 rings (SSSR count). The van der Waals surface area contributed by atoms with E-state index in [9.17, 15) is 9.18 Å². The molecule has 1 heterocycles. The van der Waals surface area contributed by atoms with Crippen LogP contribution in [0.25, 0.3) is 0 Å². The van der Waals surface area contributed by atoms with E-state index in [2.05, 4.69) is 27.2 Å². The van der Waals surface area contributed by atoms with Gasteiger partial charge in [-0.15, -0.1) is 0 Å². The van der Waals surface area contributed by atoms with Gasteiger partial charge in [-0.05, 0) is 61.4 Å². The number of hydrogen-bond acceptors (Lipinski definition) is 3. The zero-order chi connectivity index (χ0) is 18.6. The molecule has 2 aromatic carbocycles. The van der Waals surface area contributed by atoms with Crippen LogP contribution in [0.3, 0.4) is 0 Å². The third-order valence-corrected chi connectivity index (χ3v) is 5.75. The molecule has 0 spiro atoms. The molecule has 1 aliphatic carbocycles. The van der Waals surface area contributed by atoms with Gasteiger partial charge in [0, 0.05) is 49.2 Å². The molecule has 1 N–H and O–H groups in total. The monoisotopic (exact) mass is 367 g/mol. The third kappa shape index (κ3) is 4.30. The molecular weight excluding hydrogens is 341 g/mol. The first-order valence-corrected chi connectivity index (χ1v) is 9.85. The Morgan fingerprint density at radius 1 is 0.889 bits per heavy atom. The number of nitrogens with zero attached hydrogens (tertiary/aromatic N) is 2. The number of hydrogen-bond donors (Lipinski definition) is 1. The zero-order valence-electron chi connectivity index (χ0n) is 15.5. The normalized spacial score (nSPS) is 18.6. The fraction of sp³-hybridized carbons (Fsp3) is 0.409. The van der Waals surface area contributed by atoms with Crippen molar-refractivity contribution in [1.82, 2.24) is 4.90 Å². The Bertz CT molecular complexity index is 761. The van der Waals surface area contributed by atoms with Crippen molar-refractivity contribution in [2.75, 3.05) is 36.4 Å². The van der Waals surface area contributed by atoms with Crippen molar-refractivity contribution in [3.63, 3.8) is 0 Å². The minimum Gasteiger partial charge on any atom is -0.369 e. The molecule has 0 bridgehead atoms. The Labute approximate surface area is 160 Å². The van der Waals surface area contributed by atoms with Crippen molar-refractivity contribution in [2.45, 2.75) is 31.7 Å². The number of benzene rings is 2. The molecule has 0 aromatic heterocycles. The van der Waals surface area contributed by atoms with E-state index in [1.54, 1.807) is 0 Å². The summed E-state index contributed by atoms with van der Waals surface area (Å²) in [5.41, 5.74) is 2.39. The van der Waals surface area contributed by atoms with Gasteiger partial charge in [0.15, 0.2) is 0 Å². The number of piperazine rings is 1. The van der Waals surface area contributed by atoms with Crippen molar-refractivity contribution in [3.05, 3.63) is 59.9 Å². The minimum absolute atomic E-state index is 0.229. The largest absolute Gasteiger partial charge is 0.369 e. The molecule has 1 amide bonds. The number of anilines is 2.